The highest BCUT2D eigenvalue weighted by atomic mass is 79.9. The molecule has 1 aromatic carbocycles. The van der Waals surface area contributed by atoms with Crippen LogP contribution in [-0.4, -0.2) is 30.0 Å². The van der Waals surface area contributed by atoms with Crippen molar-refractivity contribution in [3.8, 4) is 0 Å². The Morgan fingerprint density at radius 2 is 2.19 bits per heavy atom. The molecule has 0 saturated carbocycles. The first-order valence-corrected chi connectivity index (χ1v) is 7.57. The molecule has 2 N–H and O–H groups in total. The molecule has 0 aliphatic rings. The van der Waals surface area contributed by atoms with Crippen LogP contribution < -0.4 is 5.32 Å². The Labute approximate surface area is 131 Å². The number of halogens is 1. The molecule has 0 bridgehead atoms. The van der Waals surface area contributed by atoms with Crippen LogP contribution in [-0.2, 0) is 20.7 Å². The molecule has 1 amide bonds. The zero-order valence-corrected chi connectivity index (χ0v) is 13.3. The molecule has 1 heterocycles. The van der Waals surface area contributed by atoms with Crippen LogP contribution in [0.2, 0.25) is 0 Å². The molecule has 6 heteroatoms. The summed E-state index contributed by atoms with van der Waals surface area (Å²) >= 11 is 3.42. The van der Waals surface area contributed by atoms with Gasteiger partial charge in [0.2, 0.25) is 5.91 Å². The standard InChI is InChI=1S/C15H17BrN2O3/c1-2-21-15(20)9-18-14(19)6-3-10-8-17-13-7-11(16)4-5-12(10)13/h4-5,7-8,17H,2-3,6,9H2,1H3,(H,18,19). The molecular weight excluding hydrogens is 336 g/mol. The first-order chi connectivity index (χ1) is 10.1. The van der Waals surface area contributed by atoms with Crippen LogP contribution in [0.1, 0.15) is 18.9 Å². The van der Waals surface area contributed by atoms with Crippen LogP contribution in [0.25, 0.3) is 10.9 Å². The Balaban J connectivity index is 1.87. The minimum absolute atomic E-state index is 0.0759. The van der Waals surface area contributed by atoms with E-state index >= 15 is 0 Å². The average molecular weight is 353 g/mol. The number of aromatic nitrogens is 1. The normalized spacial score (nSPS) is 10.6. The summed E-state index contributed by atoms with van der Waals surface area (Å²) < 4.78 is 5.76. The number of esters is 1. The van der Waals surface area contributed by atoms with Gasteiger partial charge in [-0.2, -0.15) is 0 Å². The second kappa shape index (κ2) is 7.26. The Morgan fingerprint density at radius 3 is 2.95 bits per heavy atom. The molecule has 0 radical (unpaired) electrons. The monoisotopic (exact) mass is 352 g/mol. The van der Waals surface area contributed by atoms with Gasteiger partial charge in [0.25, 0.3) is 0 Å². The minimum Gasteiger partial charge on any atom is -0.465 e. The van der Waals surface area contributed by atoms with Crippen LogP contribution in [0, 0.1) is 0 Å². The highest BCUT2D eigenvalue weighted by molar-refractivity contribution is 9.10. The quantitative estimate of drug-likeness (QED) is 0.784. The largest absolute Gasteiger partial charge is 0.465 e. The Kier molecular flexibility index (Phi) is 5.38. The van der Waals surface area contributed by atoms with Crippen molar-refractivity contribution in [2.45, 2.75) is 19.8 Å². The van der Waals surface area contributed by atoms with Gasteiger partial charge < -0.3 is 15.0 Å². The molecule has 0 saturated heterocycles. The number of nitrogens with one attached hydrogen (secondary N) is 2. The van der Waals surface area contributed by atoms with Gasteiger partial charge in [-0.15, -0.1) is 0 Å². The van der Waals surface area contributed by atoms with Crippen molar-refractivity contribution in [2.75, 3.05) is 13.2 Å². The van der Waals surface area contributed by atoms with Gasteiger partial charge >= 0.3 is 5.97 Å². The number of hydrogen-bond donors (Lipinski definition) is 2. The van der Waals surface area contributed by atoms with Gasteiger partial charge in [-0.1, -0.05) is 22.0 Å². The average Bonchev–Trinajstić information content (AvgIpc) is 2.85. The lowest BCUT2D eigenvalue weighted by Crippen LogP contribution is -2.30. The van der Waals surface area contributed by atoms with Crippen molar-refractivity contribution < 1.29 is 14.3 Å². The summed E-state index contributed by atoms with van der Waals surface area (Å²) in [4.78, 5) is 26.0. The number of aromatic amines is 1. The molecule has 0 aliphatic heterocycles. The molecule has 0 spiro atoms. The van der Waals surface area contributed by atoms with Crippen molar-refractivity contribution in [3.05, 3.63) is 34.4 Å². The predicted octanol–water partition coefficient (Wildman–Crippen LogP) is 2.54. The van der Waals surface area contributed by atoms with Crippen molar-refractivity contribution in [1.29, 1.82) is 0 Å². The Hall–Kier alpha value is -1.82. The summed E-state index contributed by atoms with van der Waals surface area (Å²) in [7, 11) is 0. The predicted molar refractivity (Wildman–Crippen MR) is 84.0 cm³/mol. The zero-order valence-electron chi connectivity index (χ0n) is 11.7. The van der Waals surface area contributed by atoms with Crippen molar-refractivity contribution >= 4 is 38.7 Å². The summed E-state index contributed by atoms with van der Waals surface area (Å²) in [6, 6.07) is 5.99. The lowest BCUT2D eigenvalue weighted by molar-refractivity contribution is -0.143. The maximum Gasteiger partial charge on any atom is 0.325 e. The number of amides is 1. The Bertz CT molecular complexity index is 651. The van der Waals surface area contributed by atoms with Gasteiger partial charge in [-0.25, -0.2) is 0 Å². The number of aryl methyl sites for hydroxylation is 1. The van der Waals surface area contributed by atoms with Gasteiger partial charge in [0, 0.05) is 28.0 Å². The summed E-state index contributed by atoms with van der Waals surface area (Å²) in [5.41, 5.74) is 2.12. The van der Waals surface area contributed by atoms with Crippen LogP contribution in [0.3, 0.4) is 0 Å². The number of carbonyl (C=O) groups excluding carboxylic acids is 2. The lowest BCUT2D eigenvalue weighted by atomic mass is 10.1. The van der Waals surface area contributed by atoms with Crippen LogP contribution >= 0.6 is 15.9 Å². The molecule has 21 heavy (non-hydrogen) atoms. The van der Waals surface area contributed by atoms with Crippen LogP contribution in [0.5, 0.6) is 0 Å². The number of hydrogen-bond acceptors (Lipinski definition) is 3. The molecule has 0 fully saturated rings. The summed E-state index contributed by atoms with van der Waals surface area (Å²) in [6.07, 6.45) is 2.87. The number of carbonyl (C=O) groups is 2. The first-order valence-electron chi connectivity index (χ1n) is 6.78. The van der Waals surface area contributed by atoms with Gasteiger partial charge in [-0.05, 0) is 31.0 Å². The fourth-order valence-electron chi connectivity index (χ4n) is 2.08. The number of benzene rings is 1. The maximum atomic E-state index is 11.7. The van der Waals surface area contributed by atoms with Gasteiger partial charge in [0.1, 0.15) is 6.54 Å². The number of ether oxygens (including phenoxy) is 1. The van der Waals surface area contributed by atoms with Gasteiger partial charge in [-0.3, -0.25) is 9.59 Å². The van der Waals surface area contributed by atoms with Crippen molar-refractivity contribution in [2.24, 2.45) is 0 Å². The summed E-state index contributed by atoms with van der Waals surface area (Å²) in [5.74, 6) is -0.572. The van der Waals surface area contributed by atoms with E-state index in [0.717, 1.165) is 20.9 Å². The van der Waals surface area contributed by atoms with E-state index in [-0.39, 0.29) is 12.5 Å². The van der Waals surface area contributed by atoms with Crippen LogP contribution in [0.15, 0.2) is 28.9 Å². The molecule has 2 aromatic rings. The fourth-order valence-corrected chi connectivity index (χ4v) is 2.45. The highest BCUT2D eigenvalue weighted by Gasteiger charge is 2.09. The van der Waals surface area contributed by atoms with Crippen molar-refractivity contribution in [1.82, 2.24) is 10.3 Å². The molecule has 0 atom stereocenters. The third-order valence-corrected chi connectivity index (χ3v) is 3.58. The minimum atomic E-state index is -0.414. The van der Waals surface area contributed by atoms with E-state index < -0.39 is 5.97 Å². The lowest BCUT2D eigenvalue weighted by Gasteiger charge is -2.04. The highest BCUT2D eigenvalue weighted by Crippen LogP contribution is 2.23. The Morgan fingerprint density at radius 1 is 1.38 bits per heavy atom. The van der Waals surface area contributed by atoms with Crippen LogP contribution in [0.4, 0.5) is 0 Å². The molecule has 112 valence electrons. The topological polar surface area (TPSA) is 71.2 Å². The smallest absolute Gasteiger partial charge is 0.325 e. The third-order valence-electron chi connectivity index (χ3n) is 3.09. The van der Waals surface area contributed by atoms with E-state index in [0.29, 0.717) is 19.4 Å². The van der Waals surface area contributed by atoms with Gasteiger partial charge in [0.05, 0.1) is 6.61 Å². The van der Waals surface area contributed by atoms with E-state index in [1.54, 1.807) is 6.92 Å². The zero-order chi connectivity index (χ0) is 15.2. The molecule has 0 aliphatic carbocycles. The molecule has 5 nitrogen and oxygen atoms in total. The summed E-state index contributed by atoms with van der Waals surface area (Å²) in [6.45, 7) is 1.97. The second-order valence-electron chi connectivity index (χ2n) is 4.59. The molecule has 0 unspecified atom stereocenters. The number of H-pyrrole nitrogens is 1. The van der Waals surface area contributed by atoms with E-state index in [2.05, 4.69) is 26.2 Å². The van der Waals surface area contributed by atoms with Gasteiger partial charge in [0.15, 0.2) is 0 Å². The number of rotatable bonds is 6. The van der Waals surface area contributed by atoms with E-state index in [1.807, 2.05) is 24.4 Å². The van der Waals surface area contributed by atoms with E-state index in [1.165, 1.54) is 0 Å². The maximum absolute atomic E-state index is 11.7. The van der Waals surface area contributed by atoms with Crippen molar-refractivity contribution in [3.63, 3.8) is 0 Å². The van der Waals surface area contributed by atoms with E-state index in [9.17, 15) is 9.59 Å². The second-order valence-corrected chi connectivity index (χ2v) is 5.50. The molecular formula is C15H17BrN2O3. The van der Waals surface area contributed by atoms with E-state index in [4.69, 9.17) is 4.74 Å². The first kappa shape index (κ1) is 15.6. The molecule has 2 rings (SSSR count). The SMILES string of the molecule is CCOC(=O)CNC(=O)CCc1c[nH]c2cc(Br)ccc12. The third kappa shape index (κ3) is 4.32. The molecule has 1 aromatic heterocycles. The number of fused-ring (bicyclic) bond motifs is 1. The summed E-state index contributed by atoms with van der Waals surface area (Å²) in [5, 5.41) is 3.66. The fraction of sp³-hybridized carbons (Fsp3) is 0.333.